The lowest BCUT2D eigenvalue weighted by atomic mass is 10.1. The zero-order valence-corrected chi connectivity index (χ0v) is 16.0. The number of likely N-dealkylation sites (tertiary alicyclic amines) is 1. The molecule has 2 aromatic rings. The average Bonchev–Trinajstić information content (AvgIpc) is 3.27. The van der Waals surface area contributed by atoms with Gasteiger partial charge < -0.3 is 10.6 Å². The predicted octanol–water partition coefficient (Wildman–Crippen LogP) is 2.95. The number of guanidine groups is 1. The summed E-state index contributed by atoms with van der Waals surface area (Å²) in [7, 11) is 1.83. The van der Waals surface area contributed by atoms with Crippen molar-refractivity contribution < 1.29 is 0 Å². The lowest BCUT2D eigenvalue weighted by molar-refractivity contribution is 0.258. The predicted molar refractivity (Wildman–Crippen MR) is 105 cm³/mol. The SMILES string of the molecule is CN=C(NCc1scnc1C)NC1CCN(C(C)c2ccccc2)C1. The summed E-state index contributed by atoms with van der Waals surface area (Å²) in [5.41, 5.74) is 4.37. The molecule has 6 heteroatoms. The molecule has 0 saturated carbocycles. The number of nitrogens with zero attached hydrogens (tertiary/aromatic N) is 3. The third-order valence-corrected chi connectivity index (χ3v) is 5.81. The third-order valence-electron chi connectivity index (χ3n) is 4.88. The van der Waals surface area contributed by atoms with Gasteiger partial charge in [-0.15, -0.1) is 11.3 Å². The number of thiazole rings is 1. The Morgan fingerprint density at radius 2 is 2.20 bits per heavy atom. The molecule has 25 heavy (non-hydrogen) atoms. The lowest BCUT2D eigenvalue weighted by Crippen LogP contribution is -2.44. The van der Waals surface area contributed by atoms with Gasteiger partial charge in [-0.1, -0.05) is 30.3 Å². The van der Waals surface area contributed by atoms with E-state index in [1.807, 2.05) is 19.5 Å². The Labute approximate surface area is 154 Å². The molecule has 2 N–H and O–H groups in total. The molecule has 3 rings (SSSR count). The number of hydrogen-bond donors (Lipinski definition) is 2. The topological polar surface area (TPSA) is 52.6 Å². The standard InChI is InChI=1S/C19H27N5S/c1-14-18(25-13-22-14)11-21-19(20-3)23-17-9-10-24(12-17)15(2)16-7-5-4-6-8-16/h4-8,13,15,17H,9-12H2,1-3H3,(H2,20,21,23). The van der Waals surface area contributed by atoms with Gasteiger partial charge >= 0.3 is 0 Å². The van der Waals surface area contributed by atoms with Gasteiger partial charge in [0.1, 0.15) is 0 Å². The molecule has 134 valence electrons. The van der Waals surface area contributed by atoms with Gasteiger partial charge in [0.05, 0.1) is 17.7 Å². The smallest absolute Gasteiger partial charge is 0.191 e. The molecule has 1 saturated heterocycles. The van der Waals surface area contributed by atoms with E-state index in [-0.39, 0.29) is 0 Å². The fourth-order valence-electron chi connectivity index (χ4n) is 3.25. The van der Waals surface area contributed by atoms with E-state index >= 15 is 0 Å². The van der Waals surface area contributed by atoms with Gasteiger partial charge in [0.2, 0.25) is 0 Å². The second kappa shape index (κ2) is 8.45. The van der Waals surface area contributed by atoms with Crippen LogP contribution in [0.3, 0.4) is 0 Å². The molecule has 1 aromatic carbocycles. The number of nitrogens with one attached hydrogen (secondary N) is 2. The van der Waals surface area contributed by atoms with Gasteiger partial charge in [-0.05, 0) is 25.8 Å². The van der Waals surface area contributed by atoms with E-state index in [9.17, 15) is 0 Å². The highest BCUT2D eigenvalue weighted by molar-refractivity contribution is 7.09. The molecule has 2 atom stereocenters. The molecule has 1 aliphatic heterocycles. The van der Waals surface area contributed by atoms with Crippen LogP contribution in [0.4, 0.5) is 0 Å². The van der Waals surface area contributed by atoms with Crippen LogP contribution in [0, 0.1) is 6.92 Å². The molecule has 0 bridgehead atoms. The van der Waals surface area contributed by atoms with Gasteiger partial charge in [-0.3, -0.25) is 9.89 Å². The van der Waals surface area contributed by atoms with Gasteiger partial charge in [-0.25, -0.2) is 4.98 Å². The minimum atomic E-state index is 0.430. The molecule has 1 fully saturated rings. The van der Waals surface area contributed by atoms with Crippen molar-refractivity contribution in [1.29, 1.82) is 0 Å². The first-order valence-electron chi connectivity index (χ1n) is 8.82. The van der Waals surface area contributed by atoms with Gasteiger partial charge in [0.25, 0.3) is 0 Å². The molecular formula is C19H27N5S. The van der Waals surface area contributed by atoms with E-state index in [2.05, 4.69) is 62.8 Å². The van der Waals surface area contributed by atoms with Gasteiger partial charge in [0, 0.05) is 37.1 Å². The normalized spacial score (nSPS) is 19.8. The number of benzene rings is 1. The van der Waals surface area contributed by atoms with Crippen LogP contribution in [-0.4, -0.2) is 42.0 Å². The van der Waals surface area contributed by atoms with Crippen LogP contribution in [0.15, 0.2) is 40.8 Å². The largest absolute Gasteiger partial charge is 0.352 e. The Morgan fingerprint density at radius 1 is 1.40 bits per heavy atom. The van der Waals surface area contributed by atoms with Crippen molar-refractivity contribution in [1.82, 2.24) is 20.5 Å². The number of rotatable bonds is 5. The van der Waals surface area contributed by atoms with Crippen LogP contribution < -0.4 is 10.6 Å². The Bertz CT molecular complexity index is 697. The highest BCUT2D eigenvalue weighted by Gasteiger charge is 2.27. The summed E-state index contributed by atoms with van der Waals surface area (Å²) in [5, 5.41) is 6.97. The van der Waals surface area contributed by atoms with Gasteiger partial charge in [-0.2, -0.15) is 0 Å². The van der Waals surface area contributed by atoms with Crippen LogP contribution >= 0.6 is 11.3 Å². The summed E-state index contributed by atoms with van der Waals surface area (Å²) in [5.74, 6) is 0.868. The second-order valence-electron chi connectivity index (χ2n) is 6.50. The van der Waals surface area contributed by atoms with E-state index in [0.717, 1.165) is 37.7 Å². The summed E-state index contributed by atoms with van der Waals surface area (Å²) < 4.78 is 0. The van der Waals surface area contributed by atoms with Crippen molar-refractivity contribution >= 4 is 17.3 Å². The van der Waals surface area contributed by atoms with E-state index in [1.54, 1.807) is 11.3 Å². The van der Waals surface area contributed by atoms with Crippen molar-refractivity contribution in [2.24, 2.45) is 4.99 Å². The summed E-state index contributed by atoms with van der Waals surface area (Å²) in [6.07, 6.45) is 1.14. The molecule has 0 aliphatic carbocycles. The van der Waals surface area contributed by atoms with Crippen LogP contribution in [0.1, 0.15) is 35.5 Å². The lowest BCUT2D eigenvalue weighted by Gasteiger charge is -2.25. The zero-order chi connectivity index (χ0) is 17.6. The maximum absolute atomic E-state index is 4.37. The summed E-state index contributed by atoms with van der Waals surface area (Å²) in [4.78, 5) is 12.5. The number of hydrogen-bond acceptors (Lipinski definition) is 4. The van der Waals surface area contributed by atoms with Crippen LogP contribution in [0.25, 0.3) is 0 Å². The minimum Gasteiger partial charge on any atom is -0.352 e. The van der Waals surface area contributed by atoms with E-state index < -0.39 is 0 Å². The Hall–Kier alpha value is -1.92. The second-order valence-corrected chi connectivity index (χ2v) is 7.44. The summed E-state index contributed by atoms with van der Waals surface area (Å²) in [6.45, 7) is 7.25. The highest BCUT2D eigenvalue weighted by Crippen LogP contribution is 2.24. The summed E-state index contributed by atoms with van der Waals surface area (Å²) in [6, 6.07) is 11.6. The average molecular weight is 358 g/mol. The highest BCUT2D eigenvalue weighted by atomic mass is 32.1. The quantitative estimate of drug-likeness (QED) is 0.638. The maximum Gasteiger partial charge on any atom is 0.191 e. The van der Waals surface area contributed by atoms with E-state index in [0.29, 0.717) is 12.1 Å². The van der Waals surface area contributed by atoms with Crippen molar-refractivity contribution in [3.8, 4) is 0 Å². The first kappa shape index (κ1) is 17.9. The first-order chi connectivity index (χ1) is 12.2. The van der Waals surface area contributed by atoms with E-state index in [4.69, 9.17) is 0 Å². The molecular weight excluding hydrogens is 330 g/mol. The Morgan fingerprint density at radius 3 is 2.88 bits per heavy atom. The molecule has 1 aromatic heterocycles. The first-order valence-corrected chi connectivity index (χ1v) is 9.70. The van der Waals surface area contributed by atoms with Crippen LogP contribution in [0.5, 0.6) is 0 Å². The Kier molecular flexibility index (Phi) is 6.04. The molecule has 0 radical (unpaired) electrons. The van der Waals surface area contributed by atoms with Gasteiger partial charge in [0.15, 0.2) is 5.96 Å². The Balaban J connectivity index is 1.50. The van der Waals surface area contributed by atoms with Crippen molar-refractivity contribution in [2.75, 3.05) is 20.1 Å². The molecule has 0 spiro atoms. The monoisotopic (exact) mass is 357 g/mol. The van der Waals surface area contributed by atoms with Crippen molar-refractivity contribution in [3.63, 3.8) is 0 Å². The van der Waals surface area contributed by atoms with Crippen molar-refractivity contribution in [2.45, 2.75) is 38.9 Å². The molecule has 2 heterocycles. The number of aliphatic imine (C=N–C) groups is 1. The van der Waals surface area contributed by atoms with Crippen LogP contribution in [0.2, 0.25) is 0 Å². The van der Waals surface area contributed by atoms with Crippen molar-refractivity contribution in [3.05, 3.63) is 52.0 Å². The zero-order valence-electron chi connectivity index (χ0n) is 15.2. The number of aryl methyl sites for hydroxylation is 1. The fraction of sp³-hybridized carbons (Fsp3) is 0.474. The molecule has 2 unspecified atom stereocenters. The summed E-state index contributed by atoms with van der Waals surface area (Å²) >= 11 is 1.68. The molecule has 1 aliphatic rings. The fourth-order valence-corrected chi connectivity index (χ4v) is 3.96. The van der Waals surface area contributed by atoms with Crippen LogP contribution in [-0.2, 0) is 6.54 Å². The third kappa shape index (κ3) is 4.58. The maximum atomic E-state index is 4.37. The molecule has 0 amide bonds. The molecule has 5 nitrogen and oxygen atoms in total. The number of aromatic nitrogens is 1. The van der Waals surface area contributed by atoms with E-state index in [1.165, 1.54) is 10.4 Å². The minimum absolute atomic E-state index is 0.430.